The van der Waals surface area contributed by atoms with E-state index in [1.54, 1.807) is 12.5 Å². The van der Waals surface area contributed by atoms with Crippen molar-refractivity contribution in [1.82, 2.24) is 19.1 Å². The monoisotopic (exact) mass is 267 g/mol. The number of imidazole rings is 2. The zero-order valence-electron chi connectivity index (χ0n) is 11.6. The van der Waals surface area contributed by atoms with Crippen molar-refractivity contribution in [3.05, 3.63) is 42.9 Å². The van der Waals surface area contributed by atoms with Crippen molar-refractivity contribution in [3.8, 4) is 22.8 Å². The summed E-state index contributed by atoms with van der Waals surface area (Å²) in [6.07, 6.45) is 3.60. The van der Waals surface area contributed by atoms with Crippen molar-refractivity contribution in [3.63, 3.8) is 0 Å². The lowest BCUT2D eigenvalue weighted by atomic mass is 10.2. The summed E-state index contributed by atoms with van der Waals surface area (Å²) < 4.78 is 3.95. The van der Waals surface area contributed by atoms with Gasteiger partial charge in [-0.25, -0.2) is 9.97 Å². The third-order valence-electron chi connectivity index (χ3n) is 3.47. The molecule has 0 aliphatic heterocycles. The molecule has 0 amide bonds. The Morgan fingerprint density at radius 2 is 1.95 bits per heavy atom. The average Bonchev–Trinajstić information content (AvgIpc) is 3.06. The quantitative estimate of drug-likeness (QED) is 0.793. The second-order valence-corrected chi connectivity index (χ2v) is 4.66. The van der Waals surface area contributed by atoms with Crippen LogP contribution in [0.25, 0.3) is 22.8 Å². The van der Waals surface area contributed by atoms with Gasteiger partial charge in [0.05, 0.1) is 18.2 Å². The van der Waals surface area contributed by atoms with E-state index in [1.165, 1.54) is 0 Å². The van der Waals surface area contributed by atoms with Crippen LogP contribution in [0.3, 0.4) is 0 Å². The van der Waals surface area contributed by atoms with E-state index < -0.39 is 0 Å². The smallest absolute Gasteiger partial charge is 0.142 e. The predicted molar refractivity (Wildman–Crippen MR) is 80.0 cm³/mol. The van der Waals surface area contributed by atoms with Gasteiger partial charge in [0.15, 0.2) is 0 Å². The first-order valence-electron chi connectivity index (χ1n) is 6.60. The SMILES string of the molecule is CCn1cncc1-c1nc(-c2ccccc2)n(C)c1N. The van der Waals surface area contributed by atoms with Gasteiger partial charge in [0.2, 0.25) is 0 Å². The van der Waals surface area contributed by atoms with E-state index in [9.17, 15) is 0 Å². The Labute approximate surface area is 117 Å². The molecule has 0 bridgehead atoms. The summed E-state index contributed by atoms with van der Waals surface area (Å²) in [7, 11) is 1.93. The molecular formula is C15H17N5. The van der Waals surface area contributed by atoms with Crippen LogP contribution in [0.1, 0.15) is 6.92 Å². The Balaban J connectivity index is 2.16. The molecule has 1 aromatic carbocycles. The van der Waals surface area contributed by atoms with Crippen LogP contribution in [0, 0.1) is 0 Å². The maximum absolute atomic E-state index is 6.21. The highest BCUT2D eigenvalue weighted by atomic mass is 15.1. The van der Waals surface area contributed by atoms with Crippen molar-refractivity contribution >= 4 is 5.82 Å². The Bertz CT molecular complexity index is 724. The second-order valence-electron chi connectivity index (χ2n) is 4.66. The molecule has 0 radical (unpaired) electrons. The Morgan fingerprint density at radius 1 is 1.20 bits per heavy atom. The van der Waals surface area contributed by atoms with E-state index in [-0.39, 0.29) is 0 Å². The van der Waals surface area contributed by atoms with Crippen molar-refractivity contribution in [1.29, 1.82) is 0 Å². The minimum atomic E-state index is 0.652. The standard InChI is InChI=1S/C15H17N5/c1-3-20-10-17-9-12(20)13-14(16)19(2)15(18-13)11-7-5-4-6-8-11/h4-10H,3,16H2,1-2H3. The van der Waals surface area contributed by atoms with Crippen LogP contribution in [0.2, 0.25) is 0 Å². The van der Waals surface area contributed by atoms with E-state index in [0.717, 1.165) is 29.3 Å². The molecule has 3 aromatic rings. The van der Waals surface area contributed by atoms with E-state index in [1.807, 2.05) is 46.5 Å². The van der Waals surface area contributed by atoms with Gasteiger partial charge >= 0.3 is 0 Å². The van der Waals surface area contributed by atoms with Crippen LogP contribution in [0.4, 0.5) is 5.82 Å². The number of aryl methyl sites for hydroxylation is 1. The number of rotatable bonds is 3. The van der Waals surface area contributed by atoms with Gasteiger partial charge in [0, 0.05) is 19.2 Å². The van der Waals surface area contributed by atoms with Crippen LogP contribution >= 0.6 is 0 Å². The molecule has 0 aliphatic rings. The molecule has 102 valence electrons. The number of nitrogen functional groups attached to an aromatic ring is 1. The number of nitrogens with zero attached hydrogens (tertiary/aromatic N) is 4. The minimum absolute atomic E-state index is 0.652. The van der Waals surface area contributed by atoms with Crippen molar-refractivity contribution < 1.29 is 0 Å². The van der Waals surface area contributed by atoms with Crippen molar-refractivity contribution in [2.45, 2.75) is 13.5 Å². The third kappa shape index (κ3) is 1.87. The molecule has 0 unspecified atom stereocenters. The van der Waals surface area contributed by atoms with Crippen molar-refractivity contribution in [2.75, 3.05) is 5.73 Å². The first-order valence-corrected chi connectivity index (χ1v) is 6.60. The van der Waals surface area contributed by atoms with Gasteiger partial charge in [0.1, 0.15) is 17.3 Å². The third-order valence-corrected chi connectivity index (χ3v) is 3.47. The summed E-state index contributed by atoms with van der Waals surface area (Å²) in [4.78, 5) is 8.89. The summed E-state index contributed by atoms with van der Waals surface area (Å²) >= 11 is 0. The summed E-state index contributed by atoms with van der Waals surface area (Å²) in [6.45, 7) is 2.91. The van der Waals surface area contributed by atoms with Gasteiger partial charge in [0.25, 0.3) is 0 Å². The first kappa shape index (κ1) is 12.5. The summed E-state index contributed by atoms with van der Waals surface area (Å²) in [5, 5.41) is 0. The zero-order valence-corrected chi connectivity index (χ0v) is 11.6. The molecule has 0 saturated carbocycles. The van der Waals surface area contributed by atoms with Gasteiger partial charge in [-0.15, -0.1) is 0 Å². The van der Waals surface area contributed by atoms with Gasteiger partial charge in [-0.05, 0) is 6.92 Å². The lowest BCUT2D eigenvalue weighted by Crippen LogP contribution is -2.00. The fourth-order valence-electron chi connectivity index (χ4n) is 2.31. The lowest BCUT2D eigenvalue weighted by molar-refractivity contribution is 0.767. The number of hydrogen-bond acceptors (Lipinski definition) is 3. The molecule has 2 N–H and O–H groups in total. The zero-order chi connectivity index (χ0) is 14.1. The van der Waals surface area contributed by atoms with Crippen LogP contribution < -0.4 is 5.73 Å². The van der Waals surface area contributed by atoms with Crippen LogP contribution in [0.5, 0.6) is 0 Å². The van der Waals surface area contributed by atoms with E-state index in [2.05, 4.69) is 11.9 Å². The molecule has 0 saturated heterocycles. The molecule has 20 heavy (non-hydrogen) atoms. The Morgan fingerprint density at radius 3 is 2.65 bits per heavy atom. The summed E-state index contributed by atoms with van der Waals surface area (Å²) in [6, 6.07) is 10.0. The molecule has 3 rings (SSSR count). The molecule has 0 fully saturated rings. The number of benzene rings is 1. The van der Waals surface area contributed by atoms with Crippen LogP contribution in [-0.4, -0.2) is 19.1 Å². The van der Waals surface area contributed by atoms with Crippen LogP contribution in [-0.2, 0) is 13.6 Å². The number of hydrogen-bond donors (Lipinski definition) is 1. The topological polar surface area (TPSA) is 61.7 Å². The highest BCUT2D eigenvalue weighted by Crippen LogP contribution is 2.29. The molecular weight excluding hydrogens is 250 g/mol. The molecule has 5 heteroatoms. The lowest BCUT2D eigenvalue weighted by Gasteiger charge is -2.03. The number of nitrogens with two attached hydrogens (primary N) is 1. The molecule has 0 atom stereocenters. The normalized spacial score (nSPS) is 10.9. The van der Waals surface area contributed by atoms with E-state index >= 15 is 0 Å². The Kier molecular flexibility index (Phi) is 3.02. The van der Waals surface area contributed by atoms with Crippen molar-refractivity contribution in [2.24, 2.45) is 7.05 Å². The molecule has 0 spiro atoms. The number of anilines is 1. The van der Waals surface area contributed by atoms with Crippen LogP contribution in [0.15, 0.2) is 42.9 Å². The highest BCUT2D eigenvalue weighted by Gasteiger charge is 2.17. The predicted octanol–water partition coefficient (Wildman–Crippen LogP) is 2.55. The minimum Gasteiger partial charge on any atom is -0.383 e. The first-order chi connectivity index (χ1) is 9.72. The largest absolute Gasteiger partial charge is 0.383 e. The maximum atomic E-state index is 6.21. The fourth-order valence-corrected chi connectivity index (χ4v) is 2.31. The van der Waals surface area contributed by atoms with E-state index in [4.69, 9.17) is 10.7 Å². The molecule has 2 heterocycles. The average molecular weight is 267 g/mol. The summed E-state index contributed by atoms with van der Waals surface area (Å²) in [5.74, 6) is 1.51. The molecule has 2 aromatic heterocycles. The van der Waals surface area contributed by atoms with Gasteiger partial charge in [-0.2, -0.15) is 0 Å². The maximum Gasteiger partial charge on any atom is 0.142 e. The van der Waals surface area contributed by atoms with Gasteiger partial charge in [-0.3, -0.25) is 0 Å². The van der Waals surface area contributed by atoms with E-state index in [0.29, 0.717) is 5.82 Å². The fraction of sp³-hybridized carbons (Fsp3) is 0.200. The Hall–Kier alpha value is -2.56. The second kappa shape index (κ2) is 4.85. The van der Waals surface area contributed by atoms with Gasteiger partial charge in [-0.1, -0.05) is 30.3 Å². The van der Waals surface area contributed by atoms with Gasteiger partial charge < -0.3 is 14.9 Å². The number of aromatic nitrogens is 4. The highest BCUT2D eigenvalue weighted by molar-refractivity contribution is 5.73. The molecule has 5 nitrogen and oxygen atoms in total. The molecule has 0 aliphatic carbocycles. The summed E-state index contributed by atoms with van der Waals surface area (Å²) in [5.41, 5.74) is 9.00.